The molecule has 27 heavy (non-hydrogen) atoms. The number of para-hydroxylation sites is 2. The number of carbonyl (C=O) groups is 1. The molecule has 144 valence electrons. The highest BCUT2D eigenvalue weighted by atomic mass is 16.5. The Bertz CT molecular complexity index is 796. The van der Waals surface area contributed by atoms with Crippen LogP contribution in [0.1, 0.15) is 68.9 Å². The Kier molecular flexibility index (Phi) is 5.73. The van der Waals surface area contributed by atoms with Crippen LogP contribution in [0.25, 0.3) is 0 Å². The Morgan fingerprint density at radius 3 is 2.52 bits per heavy atom. The van der Waals surface area contributed by atoms with Crippen molar-refractivity contribution >= 4 is 5.91 Å². The summed E-state index contributed by atoms with van der Waals surface area (Å²) in [6, 6.07) is 15.3. The molecule has 0 spiro atoms. The fraction of sp³-hybridized carbons (Fsp3) is 0.435. The zero-order valence-corrected chi connectivity index (χ0v) is 16.6. The first-order valence-corrected chi connectivity index (χ1v) is 9.82. The minimum absolute atomic E-state index is 0.00980. The second kappa shape index (κ2) is 8.03. The molecule has 1 amide bonds. The molecule has 1 unspecified atom stereocenters. The van der Waals surface area contributed by atoms with Crippen LogP contribution in [-0.4, -0.2) is 17.6 Å². The quantitative estimate of drug-likeness (QED) is 0.755. The average Bonchev–Trinajstić information content (AvgIpc) is 2.67. The zero-order valence-electron chi connectivity index (χ0n) is 16.6. The van der Waals surface area contributed by atoms with Gasteiger partial charge in [-0.05, 0) is 44.9 Å². The van der Waals surface area contributed by atoms with Crippen LogP contribution in [-0.2, 0) is 0 Å². The van der Waals surface area contributed by atoms with Crippen LogP contribution in [0.4, 0.5) is 0 Å². The molecule has 2 aromatic carbocycles. The number of hydrogen-bond donors (Lipinski definition) is 1. The van der Waals surface area contributed by atoms with Gasteiger partial charge in [-0.1, -0.05) is 44.2 Å². The van der Waals surface area contributed by atoms with Crippen molar-refractivity contribution in [2.24, 2.45) is 0 Å². The van der Waals surface area contributed by atoms with Crippen LogP contribution in [0.2, 0.25) is 0 Å². The van der Waals surface area contributed by atoms with Gasteiger partial charge in [-0.2, -0.15) is 0 Å². The molecule has 1 atom stereocenters. The van der Waals surface area contributed by atoms with Gasteiger partial charge in [0, 0.05) is 12.0 Å². The summed E-state index contributed by atoms with van der Waals surface area (Å²) in [5.74, 6) is 1.36. The molecule has 0 saturated heterocycles. The molecule has 0 bridgehead atoms. The summed E-state index contributed by atoms with van der Waals surface area (Å²) in [7, 11) is 0. The molecule has 1 heterocycles. The van der Waals surface area contributed by atoms with E-state index in [1.165, 1.54) is 0 Å². The predicted octanol–water partition coefficient (Wildman–Crippen LogP) is 5.29. The van der Waals surface area contributed by atoms with Crippen molar-refractivity contribution in [3.63, 3.8) is 0 Å². The summed E-state index contributed by atoms with van der Waals surface area (Å²) in [4.78, 5) is 13.1. The van der Waals surface area contributed by atoms with Crippen LogP contribution >= 0.6 is 0 Å². The van der Waals surface area contributed by atoms with E-state index >= 15 is 0 Å². The number of carbonyl (C=O) groups excluding carboxylic acids is 1. The Morgan fingerprint density at radius 1 is 1.15 bits per heavy atom. The summed E-state index contributed by atoms with van der Waals surface area (Å²) in [5.41, 5.74) is 1.35. The van der Waals surface area contributed by atoms with Gasteiger partial charge in [-0.15, -0.1) is 0 Å². The maximum atomic E-state index is 13.1. The number of hydrogen-bond acceptors (Lipinski definition) is 3. The zero-order chi connectivity index (χ0) is 19.4. The van der Waals surface area contributed by atoms with Gasteiger partial charge in [0.05, 0.1) is 17.7 Å². The third-order valence-electron chi connectivity index (χ3n) is 5.29. The molecule has 2 aromatic rings. The smallest absolute Gasteiger partial charge is 0.255 e. The van der Waals surface area contributed by atoms with Gasteiger partial charge in [0.1, 0.15) is 17.1 Å². The van der Waals surface area contributed by atoms with Gasteiger partial charge >= 0.3 is 0 Å². The van der Waals surface area contributed by atoms with Crippen molar-refractivity contribution < 1.29 is 14.3 Å². The molecule has 0 aromatic heterocycles. The highest BCUT2D eigenvalue weighted by Crippen LogP contribution is 2.42. The Hall–Kier alpha value is -2.49. The fourth-order valence-electron chi connectivity index (χ4n) is 3.68. The molecule has 1 N–H and O–H groups in total. The van der Waals surface area contributed by atoms with E-state index in [0.29, 0.717) is 11.3 Å². The average molecular weight is 367 g/mol. The standard InChI is InChI=1S/C23H29NO3/c1-5-23(6-2)15-19(17-11-7-10-14-21(17)27-23)24-22(25)18-12-8-9-13-20(18)26-16(3)4/h7-14,16,19H,5-6,15H2,1-4H3,(H,24,25). The lowest BCUT2D eigenvalue weighted by Gasteiger charge is -2.41. The lowest BCUT2D eigenvalue weighted by Crippen LogP contribution is -2.44. The number of fused-ring (bicyclic) bond motifs is 1. The van der Waals surface area contributed by atoms with Crippen LogP contribution in [0.5, 0.6) is 11.5 Å². The van der Waals surface area contributed by atoms with Crippen molar-refractivity contribution in [1.29, 1.82) is 0 Å². The Morgan fingerprint density at radius 2 is 1.81 bits per heavy atom. The Balaban J connectivity index is 1.89. The first kappa shape index (κ1) is 19.3. The highest BCUT2D eigenvalue weighted by molar-refractivity contribution is 5.97. The number of amides is 1. The van der Waals surface area contributed by atoms with Gasteiger partial charge in [0.2, 0.25) is 0 Å². The lowest BCUT2D eigenvalue weighted by molar-refractivity contribution is 0.0227. The van der Waals surface area contributed by atoms with Crippen molar-refractivity contribution in [3.8, 4) is 11.5 Å². The molecular weight excluding hydrogens is 338 g/mol. The molecule has 0 radical (unpaired) electrons. The maximum absolute atomic E-state index is 13.1. The van der Waals surface area contributed by atoms with Crippen LogP contribution in [0, 0.1) is 0 Å². The van der Waals surface area contributed by atoms with Crippen molar-refractivity contribution in [2.75, 3.05) is 0 Å². The van der Waals surface area contributed by atoms with E-state index in [1.807, 2.05) is 62.4 Å². The van der Waals surface area contributed by atoms with E-state index in [0.717, 1.165) is 30.6 Å². The SMILES string of the molecule is CCC1(CC)CC(NC(=O)c2ccccc2OC(C)C)c2ccccc2O1. The minimum Gasteiger partial charge on any atom is -0.490 e. The molecule has 3 rings (SSSR count). The second-order valence-corrected chi connectivity index (χ2v) is 7.42. The van der Waals surface area contributed by atoms with Crippen LogP contribution in [0.15, 0.2) is 48.5 Å². The number of nitrogens with one attached hydrogen (secondary N) is 1. The number of ether oxygens (including phenoxy) is 2. The first-order chi connectivity index (χ1) is 13.0. The lowest BCUT2D eigenvalue weighted by atomic mass is 9.83. The molecule has 0 aliphatic carbocycles. The van der Waals surface area contributed by atoms with E-state index < -0.39 is 0 Å². The fourth-order valence-corrected chi connectivity index (χ4v) is 3.68. The molecule has 1 aliphatic heterocycles. The topological polar surface area (TPSA) is 47.6 Å². The molecule has 0 saturated carbocycles. The monoisotopic (exact) mass is 367 g/mol. The first-order valence-electron chi connectivity index (χ1n) is 9.82. The highest BCUT2D eigenvalue weighted by Gasteiger charge is 2.39. The van der Waals surface area contributed by atoms with Crippen molar-refractivity contribution in [2.45, 2.75) is 64.7 Å². The van der Waals surface area contributed by atoms with Gasteiger partial charge in [-0.3, -0.25) is 4.79 Å². The minimum atomic E-state index is -0.250. The normalized spacial score (nSPS) is 17.7. The summed E-state index contributed by atoms with van der Waals surface area (Å²) >= 11 is 0. The van der Waals surface area contributed by atoms with Gasteiger partial charge in [-0.25, -0.2) is 0 Å². The summed E-state index contributed by atoms with van der Waals surface area (Å²) in [6.07, 6.45) is 2.57. The summed E-state index contributed by atoms with van der Waals surface area (Å²) in [5, 5.41) is 3.23. The maximum Gasteiger partial charge on any atom is 0.255 e. The third-order valence-corrected chi connectivity index (χ3v) is 5.29. The van der Waals surface area contributed by atoms with Crippen molar-refractivity contribution in [1.82, 2.24) is 5.32 Å². The van der Waals surface area contributed by atoms with Crippen molar-refractivity contribution in [3.05, 3.63) is 59.7 Å². The van der Waals surface area contributed by atoms with E-state index in [1.54, 1.807) is 0 Å². The third kappa shape index (κ3) is 4.10. The van der Waals surface area contributed by atoms with E-state index in [4.69, 9.17) is 9.47 Å². The summed E-state index contributed by atoms with van der Waals surface area (Å²) in [6.45, 7) is 8.20. The largest absolute Gasteiger partial charge is 0.490 e. The Labute approximate surface area is 161 Å². The molecule has 4 heteroatoms. The van der Waals surface area contributed by atoms with Gasteiger partial charge < -0.3 is 14.8 Å². The van der Waals surface area contributed by atoms with E-state index in [2.05, 4.69) is 19.2 Å². The molecule has 0 fully saturated rings. The van der Waals surface area contributed by atoms with Crippen LogP contribution in [0.3, 0.4) is 0 Å². The molecular formula is C23H29NO3. The van der Waals surface area contributed by atoms with E-state index in [9.17, 15) is 4.79 Å². The number of rotatable bonds is 6. The second-order valence-electron chi connectivity index (χ2n) is 7.42. The van der Waals surface area contributed by atoms with Gasteiger partial charge in [0.25, 0.3) is 5.91 Å². The van der Waals surface area contributed by atoms with Crippen LogP contribution < -0.4 is 14.8 Å². The predicted molar refractivity (Wildman–Crippen MR) is 107 cm³/mol. The van der Waals surface area contributed by atoms with Gasteiger partial charge in [0.15, 0.2) is 0 Å². The number of benzene rings is 2. The molecule has 4 nitrogen and oxygen atoms in total. The summed E-state index contributed by atoms with van der Waals surface area (Å²) < 4.78 is 12.2. The molecule has 1 aliphatic rings. The van der Waals surface area contributed by atoms with E-state index in [-0.39, 0.29) is 23.7 Å².